The molecule has 0 saturated carbocycles. The number of carbonyl (C=O) groups is 1. The maximum absolute atomic E-state index is 12.8. The summed E-state index contributed by atoms with van der Waals surface area (Å²) in [5.41, 5.74) is 1.88. The van der Waals surface area contributed by atoms with Crippen molar-refractivity contribution in [3.05, 3.63) is 59.7 Å². The molecule has 10 heteroatoms. The lowest BCUT2D eigenvalue weighted by molar-refractivity contribution is 0.0730. The summed E-state index contributed by atoms with van der Waals surface area (Å²) in [6.45, 7) is 1.33. The number of aromatic nitrogens is 2. The molecule has 1 fully saturated rings. The van der Waals surface area contributed by atoms with E-state index >= 15 is 0 Å². The molecule has 0 bridgehead atoms. The minimum absolute atomic E-state index is 0.0867. The van der Waals surface area contributed by atoms with Crippen LogP contribution in [0.1, 0.15) is 10.4 Å². The zero-order chi connectivity index (χ0) is 20.3. The Labute approximate surface area is 172 Å². The van der Waals surface area contributed by atoms with Crippen LogP contribution in [-0.4, -0.2) is 54.9 Å². The van der Waals surface area contributed by atoms with Gasteiger partial charge in [-0.15, -0.1) is 11.3 Å². The Hall–Kier alpha value is -2.66. The largest absolute Gasteiger partial charge is 0.379 e. The number of thiazole rings is 1. The van der Waals surface area contributed by atoms with Crippen molar-refractivity contribution in [1.82, 2.24) is 14.3 Å². The first-order valence-corrected chi connectivity index (χ1v) is 11.2. The molecule has 1 aromatic carbocycles. The van der Waals surface area contributed by atoms with Gasteiger partial charge in [-0.3, -0.25) is 15.1 Å². The third kappa shape index (κ3) is 4.35. The minimum atomic E-state index is -3.67. The van der Waals surface area contributed by atoms with E-state index in [0.717, 1.165) is 11.3 Å². The Morgan fingerprint density at radius 3 is 2.66 bits per heavy atom. The minimum Gasteiger partial charge on any atom is -0.379 e. The molecule has 1 amide bonds. The number of benzene rings is 1. The number of pyridine rings is 1. The Morgan fingerprint density at radius 2 is 1.90 bits per heavy atom. The van der Waals surface area contributed by atoms with Crippen LogP contribution in [0.5, 0.6) is 0 Å². The number of ether oxygens (including phenoxy) is 1. The molecular weight excluding hydrogens is 412 g/mol. The molecule has 0 spiro atoms. The van der Waals surface area contributed by atoms with E-state index in [1.807, 2.05) is 17.5 Å². The average Bonchev–Trinajstić information content (AvgIpc) is 3.23. The maximum Gasteiger partial charge on any atom is 0.257 e. The van der Waals surface area contributed by atoms with Gasteiger partial charge in [0.05, 0.1) is 23.8 Å². The number of carbonyl (C=O) groups excluding carboxylic acids is 1. The van der Waals surface area contributed by atoms with Crippen LogP contribution in [0, 0.1) is 0 Å². The zero-order valence-electron chi connectivity index (χ0n) is 15.3. The highest BCUT2D eigenvalue weighted by atomic mass is 32.2. The van der Waals surface area contributed by atoms with E-state index in [-0.39, 0.29) is 10.5 Å². The first-order valence-electron chi connectivity index (χ1n) is 8.89. The van der Waals surface area contributed by atoms with Crippen molar-refractivity contribution in [3.63, 3.8) is 0 Å². The molecule has 150 valence electrons. The summed E-state index contributed by atoms with van der Waals surface area (Å²) < 4.78 is 32.2. The van der Waals surface area contributed by atoms with Crippen molar-refractivity contribution in [2.45, 2.75) is 4.90 Å². The zero-order valence-corrected chi connectivity index (χ0v) is 16.9. The second kappa shape index (κ2) is 8.37. The van der Waals surface area contributed by atoms with E-state index in [2.05, 4.69) is 15.3 Å². The fraction of sp³-hybridized carbons (Fsp3) is 0.211. The Morgan fingerprint density at radius 1 is 1.14 bits per heavy atom. The van der Waals surface area contributed by atoms with E-state index in [1.54, 1.807) is 24.5 Å². The van der Waals surface area contributed by atoms with E-state index in [4.69, 9.17) is 4.74 Å². The summed E-state index contributed by atoms with van der Waals surface area (Å²) in [5, 5.41) is 5.00. The number of amides is 1. The van der Waals surface area contributed by atoms with Gasteiger partial charge in [0.1, 0.15) is 0 Å². The van der Waals surface area contributed by atoms with Crippen LogP contribution in [0.25, 0.3) is 11.3 Å². The Kier molecular flexibility index (Phi) is 5.67. The standard InChI is InChI=1S/C19H18N4O4S2/c24-18(22-19-21-17(13-28-19)14-4-6-20-7-5-14)15-2-1-3-16(12-15)29(25,26)23-8-10-27-11-9-23/h1-7,12-13H,8-11H2,(H,21,22,24). The molecule has 1 saturated heterocycles. The number of hydrogen-bond donors (Lipinski definition) is 1. The molecule has 8 nitrogen and oxygen atoms in total. The van der Waals surface area contributed by atoms with Gasteiger partial charge in [0.25, 0.3) is 5.91 Å². The highest BCUT2D eigenvalue weighted by molar-refractivity contribution is 7.89. The van der Waals surface area contributed by atoms with Crippen LogP contribution < -0.4 is 5.32 Å². The molecule has 4 rings (SSSR count). The SMILES string of the molecule is O=C(Nc1nc(-c2ccncc2)cs1)c1cccc(S(=O)(=O)N2CCOCC2)c1. The van der Waals surface area contributed by atoms with Gasteiger partial charge in [-0.25, -0.2) is 13.4 Å². The number of hydrogen-bond acceptors (Lipinski definition) is 7. The molecule has 0 radical (unpaired) electrons. The lowest BCUT2D eigenvalue weighted by atomic mass is 10.2. The molecule has 1 aliphatic heterocycles. The van der Waals surface area contributed by atoms with Crippen molar-refractivity contribution < 1.29 is 17.9 Å². The van der Waals surface area contributed by atoms with Gasteiger partial charge in [0.2, 0.25) is 10.0 Å². The highest BCUT2D eigenvalue weighted by Crippen LogP contribution is 2.25. The van der Waals surface area contributed by atoms with Gasteiger partial charge in [-0.2, -0.15) is 4.31 Å². The fourth-order valence-corrected chi connectivity index (χ4v) is 5.06. The van der Waals surface area contributed by atoms with Crippen LogP contribution in [-0.2, 0) is 14.8 Å². The van der Waals surface area contributed by atoms with E-state index in [9.17, 15) is 13.2 Å². The molecule has 2 aromatic heterocycles. The van der Waals surface area contributed by atoms with Crippen molar-refractivity contribution in [2.24, 2.45) is 0 Å². The number of anilines is 1. The fourth-order valence-electron chi connectivity index (χ4n) is 2.89. The van der Waals surface area contributed by atoms with Crippen LogP contribution in [0.2, 0.25) is 0 Å². The molecule has 3 heterocycles. The van der Waals surface area contributed by atoms with Crippen LogP contribution >= 0.6 is 11.3 Å². The summed E-state index contributed by atoms with van der Waals surface area (Å²) in [4.78, 5) is 21.1. The first-order chi connectivity index (χ1) is 14.0. The summed E-state index contributed by atoms with van der Waals surface area (Å²) in [6, 6.07) is 9.68. The highest BCUT2D eigenvalue weighted by Gasteiger charge is 2.27. The molecule has 0 atom stereocenters. The quantitative estimate of drug-likeness (QED) is 0.667. The smallest absolute Gasteiger partial charge is 0.257 e. The summed E-state index contributed by atoms with van der Waals surface area (Å²) in [6.07, 6.45) is 3.35. The topological polar surface area (TPSA) is 101 Å². The maximum atomic E-state index is 12.8. The van der Waals surface area contributed by atoms with E-state index in [0.29, 0.717) is 31.4 Å². The summed E-state index contributed by atoms with van der Waals surface area (Å²) in [7, 11) is -3.67. The van der Waals surface area contributed by atoms with Gasteiger partial charge < -0.3 is 4.74 Å². The number of morpholine rings is 1. The van der Waals surface area contributed by atoms with Crippen LogP contribution in [0.3, 0.4) is 0 Å². The van der Waals surface area contributed by atoms with Gasteiger partial charge in [0.15, 0.2) is 5.13 Å². The van der Waals surface area contributed by atoms with Crippen molar-refractivity contribution in [2.75, 3.05) is 31.6 Å². The van der Waals surface area contributed by atoms with Gasteiger partial charge >= 0.3 is 0 Å². The number of sulfonamides is 1. The number of nitrogens with zero attached hydrogens (tertiary/aromatic N) is 3. The van der Waals surface area contributed by atoms with Crippen molar-refractivity contribution in [3.8, 4) is 11.3 Å². The second-order valence-electron chi connectivity index (χ2n) is 6.27. The molecular formula is C19H18N4O4S2. The number of nitrogens with one attached hydrogen (secondary N) is 1. The van der Waals surface area contributed by atoms with E-state index < -0.39 is 15.9 Å². The van der Waals surface area contributed by atoms with Gasteiger partial charge in [-0.1, -0.05) is 6.07 Å². The second-order valence-corrected chi connectivity index (χ2v) is 9.07. The predicted octanol–water partition coefficient (Wildman–Crippen LogP) is 2.48. The number of rotatable bonds is 5. The molecule has 1 aliphatic rings. The Bertz CT molecular complexity index is 1110. The predicted molar refractivity (Wildman–Crippen MR) is 109 cm³/mol. The molecule has 29 heavy (non-hydrogen) atoms. The molecule has 3 aromatic rings. The van der Waals surface area contributed by atoms with Gasteiger partial charge in [0, 0.05) is 42.0 Å². The van der Waals surface area contributed by atoms with Crippen LogP contribution in [0.15, 0.2) is 59.1 Å². The summed E-state index contributed by atoms with van der Waals surface area (Å²) >= 11 is 1.30. The third-order valence-electron chi connectivity index (χ3n) is 4.40. The molecule has 0 unspecified atom stereocenters. The lowest BCUT2D eigenvalue weighted by Gasteiger charge is -2.26. The molecule has 0 aliphatic carbocycles. The van der Waals surface area contributed by atoms with Crippen LogP contribution in [0.4, 0.5) is 5.13 Å². The lowest BCUT2D eigenvalue weighted by Crippen LogP contribution is -2.40. The van der Waals surface area contributed by atoms with Crippen molar-refractivity contribution in [1.29, 1.82) is 0 Å². The molecule has 1 N–H and O–H groups in total. The first kappa shape index (κ1) is 19.6. The van der Waals surface area contributed by atoms with Gasteiger partial charge in [-0.05, 0) is 30.3 Å². The average molecular weight is 431 g/mol. The monoisotopic (exact) mass is 430 g/mol. The Balaban J connectivity index is 1.51. The van der Waals surface area contributed by atoms with Crippen molar-refractivity contribution >= 4 is 32.4 Å². The third-order valence-corrected chi connectivity index (χ3v) is 7.06. The normalized spacial score (nSPS) is 15.2. The summed E-state index contributed by atoms with van der Waals surface area (Å²) in [5.74, 6) is -0.417. The van der Waals surface area contributed by atoms with E-state index in [1.165, 1.54) is 27.8 Å².